The number of likely N-dealkylation sites (tertiary alicyclic amines) is 1. The van der Waals surface area contributed by atoms with Crippen LogP contribution in [0.5, 0.6) is 0 Å². The van der Waals surface area contributed by atoms with E-state index in [0.29, 0.717) is 25.8 Å². The van der Waals surface area contributed by atoms with E-state index >= 15 is 0 Å². The van der Waals surface area contributed by atoms with Crippen molar-refractivity contribution >= 4 is 17.8 Å². The van der Waals surface area contributed by atoms with Gasteiger partial charge in [0.2, 0.25) is 11.8 Å². The minimum atomic E-state index is -0.807. The van der Waals surface area contributed by atoms with Crippen LogP contribution in [0.4, 0.5) is 0 Å². The Morgan fingerprint density at radius 2 is 1.61 bits per heavy atom. The lowest BCUT2D eigenvalue weighted by atomic mass is 9.81. The van der Waals surface area contributed by atoms with Crippen molar-refractivity contribution < 1.29 is 19.5 Å². The fourth-order valence-electron chi connectivity index (χ4n) is 3.57. The summed E-state index contributed by atoms with van der Waals surface area (Å²) in [5.74, 6) is -1.42. The SMILES string of the molecule is O=C(O)C1CCCC(C(=O)NCCC(=O)N2CCCCCC2)C1. The molecule has 1 aliphatic carbocycles. The fourth-order valence-corrected chi connectivity index (χ4v) is 3.57. The fraction of sp³-hybridized carbons (Fsp3) is 0.824. The number of amides is 2. The minimum Gasteiger partial charge on any atom is -0.481 e. The molecule has 2 rings (SSSR count). The Balaban J connectivity index is 1.69. The second-order valence-corrected chi connectivity index (χ2v) is 6.73. The summed E-state index contributed by atoms with van der Waals surface area (Å²) in [5.41, 5.74) is 0. The van der Waals surface area contributed by atoms with Crippen molar-refractivity contribution in [2.45, 2.75) is 57.8 Å². The average Bonchev–Trinajstić information content (AvgIpc) is 2.84. The molecule has 2 aliphatic rings. The van der Waals surface area contributed by atoms with Gasteiger partial charge in [-0.05, 0) is 32.1 Å². The molecule has 2 atom stereocenters. The summed E-state index contributed by atoms with van der Waals surface area (Å²) >= 11 is 0. The molecule has 23 heavy (non-hydrogen) atoms. The molecule has 1 saturated heterocycles. The molecule has 6 nitrogen and oxygen atoms in total. The van der Waals surface area contributed by atoms with E-state index in [-0.39, 0.29) is 17.7 Å². The molecule has 0 bridgehead atoms. The molecule has 0 aromatic carbocycles. The van der Waals surface area contributed by atoms with Gasteiger partial charge < -0.3 is 15.3 Å². The van der Waals surface area contributed by atoms with Crippen LogP contribution in [0.2, 0.25) is 0 Å². The number of hydrogen-bond donors (Lipinski definition) is 2. The van der Waals surface area contributed by atoms with Crippen molar-refractivity contribution in [2.75, 3.05) is 19.6 Å². The maximum Gasteiger partial charge on any atom is 0.306 e. The van der Waals surface area contributed by atoms with Crippen LogP contribution in [0.1, 0.15) is 57.8 Å². The van der Waals surface area contributed by atoms with Crippen LogP contribution >= 0.6 is 0 Å². The third-order valence-electron chi connectivity index (χ3n) is 4.99. The third-order valence-corrected chi connectivity index (χ3v) is 4.99. The first kappa shape index (κ1) is 17.8. The molecule has 2 amide bonds. The van der Waals surface area contributed by atoms with Crippen molar-refractivity contribution in [1.82, 2.24) is 10.2 Å². The average molecular weight is 324 g/mol. The Kier molecular flexibility index (Phi) is 6.86. The van der Waals surface area contributed by atoms with Crippen LogP contribution in [0.15, 0.2) is 0 Å². The first-order valence-corrected chi connectivity index (χ1v) is 8.86. The summed E-state index contributed by atoms with van der Waals surface area (Å²) in [7, 11) is 0. The highest BCUT2D eigenvalue weighted by Gasteiger charge is 2.30. The molecule has 0 aromatic rings. The molecular formula is C17H28N2O4. The molecular weight excluding hydrogens is 296 g/mol. The first-order valence-electron chi connectivity index (χ1n) is 8.86. The number of carbonyl (C=O) groups excluding carboxylic acids is 2. The van der Waals surface area contributed by atoms with Gasteiger partial charge in [0.25, 0.3) is 0 Å². The molecule has 6 heteroatoms. The van der Waals surface area contributed by atoms with E-state index in [0.717, 1.165) is 38.8 Å². The highest BCUT2D eigenvalue weighted by molar-refractivity contribution is 5.81. The molecule has 2 fully saturated rings. The van der Waals surface area contributed by atoms with Gasteiger partial charge in [-0.1, -0.05) is 19.3 Å². The predicted molar refractivity (Wildman–Crippen MR) is 85.8 cm³/mol. The van der Waals surface area contributed by atoms with Gasteiger partial charge in [0.15, 0.2) is 0 Å². The standard InChI is InChI=1S/C17H28N2O4/c20-15(19-10-3-1-2-4-11-19)8-9-18-16(21)13-6-5-7-14(12-13)17(22)23/h13-14H,1-12H2,(H,18,21)(H,22,23). The Hall–Kier alpha value is -1.59. The molecule has 130 valence electrons. The Labute approximate surface area is 137 Å². The number of carboxylic acids is 1. The maximum atomic E-state index is 12.2. The zero-order valence-corrected chi connectivity index (χ0v) is 13.8. The third kappa shape index (κ3) is 5.52. The summed E-state index contributed by atoms with van der Waals surface area (Å²) in [5, 5.41) is 11.9. The normalized spacial score (nSPS) is 25.5. The Morgan fingerprint density at radius 3 is 2.26 bits per heavy atom. The highest BCUT2D eigenvalue weighted by atomic mass is 16.4. The summed E-state index contributed by atoms with van der Waals surface area (Å²) in [6.07, 6.45) is 7.44. The molecule has 2 unspecified atom stereocenters. The lowest BCUT2D eigenvalue weighted by Gasteiger charge is -2.26. The molecule has 1 aliphatic heterocycles. The van der Waals surface area contributed by atoms with Crippen molar-refractivity contribution in [3.63, 3.8) is 0 Å². The minimum absolute atomic E-state index is 0.0976. The maximum absolute atomic E-state index is 12.2. The van der Waals surface area contributed by atoms with E-state index < -0.39 is 11.9 Å². The van der Waals surface area contributed by atoms with E-state index in [1.807, 2.05) is 4.90 Å². The van der Waals surface area contributed by atoms with Crippen molar-refractivity contribution in [3.8, 4) is 0 Å². The van der Waals surface area contributed by atoms with E-state index in [9.17, 15) is 14.4 Å². The molecule has 2 N–H and O–H groups in total. The number of aliphatic carboxylic acids is 1. The highest BCUT2D eigenvalue weighted by Crippen LogP contribution is 2.29. The second-order valence-electron chi connectivity index (χ2n) is 6.73. The summed E-state index contributed by atoms with van der Waals surface area (Å²) < 4.78 is 0. The van der Waals surface area contributed by atoms with Gasteiger partial charge in [-0.25, -0.2) is 0 Å². The number of nitrogens with zero attached hydrogens (tertiary/aromatic N) is 1. The van der Waals surface area contributed by atoms with Gasteiger partial charge in [-0.3, -0.25) is 14.4 Å². The zero-order chi connectivity index (χ0) is 16.7. The second kappa shape index (κ2) is 8.89. The smallest absolute Gasteiger partial charge is 0.306 e. The van der Waals surface area contributed by atoms with Gasteiger partial charge >= 0.3 is 5.97 Å². The monoisotopic (exact) mass is 324 g/mol. The topological polar surface area (TPSA) is 86.7 Å². The van der Waals surface area contributed by atoms with Gasteiger partial charge in [0.05, 0.1) is 5.92 Å². The predicted octanol–water partition coefficient (Wildman–Crippen LogP) is 1.79. The first-order chi connectivity index (χ1) is 11.1. The van der Waals surface area contributed by atoms with E-state index in [1.54, 1.807) is 0 Å². The largest absolute Gasteiger partial charge is 0.481 e. The number of rotatable bonds is 5. The van der Waals surface area contributed by atoms with E-state index in [4.69, 9.17) is 5.11 Å². The van der Waals surface area contributed by atoms with E-state index in [1.165, 1.54) is 12.8 Å². The van der Waals surface area contributed by atoms with Crippen molar-refractivity contribution in [3.05, 3.63) is 0 Å². The lowest BCUT2D eigenvalue weighted by Crippen LogP contribution is -2.38. The summed E-state index contributed by atoms with van der Waals surface area (Å²) in [6.45, 7) is 2.01. The van der Waals surface area contributed by atoms with Crippen LogP contribution in [0.3, 0.4) is 0 Å². The number of carbonyl (C=O) groups is 3. The van der Waals surface area contributed by atoms with Gasteiger partial charge in [0, 0.05) is 32.0 Å². The van der Waals surface area contributed by atoms with Crippen molar-refractivity contribution in [2.24, 2.45) is 11.8 Å². The molecule has 0 radical (unpaired) electrons. The molecule has 1 heterocycles. The van der Waals surface area contributed by atoms with Crippen LogP contribution in [-0.4, -0.2) is 47.4 Å². The molecule has 1 saturated carbocycles. The van der Waals surface area contributed by atoms with Crippen LogP contribution in [0.25, 0.3) is 0 Å². The molecule has 0 aromatic heterocycles. The zero-order valence-electron chi connectivity index (χ0n) is 13.8. The van der Waals surface area contributed by atoms with Crippen molar-refractivity contribution in [1.29, 1.82) is 0 Å². The van der Waals surface area contributed by atoms with Gasteiger partial charge in [0.1, 0.15) is 0 Å². The number of nitrogens with one attached hydrogen (secondary N) is 1. The Morgan fingerprint density at radius 1 is 0.957 bits per heavy atom. The van der Waals surface area contributed by atoms with Crippen LogP contribution in [0, 0.1) is 11.8 Å². The van der Waals surface area contributed by atoms with Gasteiger partial charge in [-0.15, -0.1) is 0 Å². The quantitative estimate of drug-likeness (QED) is 0.807. The number of hydrogen-bond acceptors (Lipinski definition) is 3. The lowest BCUT2D eigenvalue weighted by molar-refractivity contribution is -0.144. The van der Waals surface area contributed by atoms with Gasteiger partial charge in [-0.2, -0.15) is 0 Å². The summed E-state index contributed by atoms with van der Waals surface area (Å²) in [4.78, 5) is 37.2. The molecule has 0 spiro atoms. The Bertz CT molecular complexity index is 430. The summed E-state index contributed by atoms with van der Waals surface area (Å²) in [6, 6.07) is 0. The number of carboxylic acid groups (broad SMARTS) is 1. The van der Waals surface area contributed by atoms with E-state index in [2.05, 4.69) is 5.32 Å². The van der Waals surface area contributed by atoms with Crippen LogP contribution < -0.4 is 5.32 Å². The van der Waals surface area contributed by atoms with Crippen LogP contribution in [-0.2, 0) is 14.4 Å².